The van der Waals surface area contributed by atoms with E-state index in [1.165, 1.54) is 16.7 Å². The summed E-state index contributed by atoms with van der Waals surface area (Å²) >= 11 is 0. The molecule has 3 nitrogen and oxygen atoms in total. The van der Waals surface area contributed by atoms with Crippen molar-refractivity contribution >= 4 is 5.91 Å². The van der Waals surface area contributed by atoms with Crippen LogP contribution in [0.15, 0.2) is 18.2 Å². The van der Waals surface area contributed by atoms with Crippen molar-refractivity contribution in [1.29, 1.82) is 0 Å². The monoisotopic (exact) mass is 220 g/mol. The van der Waals surface area contributed by atoms with Gasteiger partial charge in [0.25, 0.3) is 0 Å². The highest BCUT2D eigenvalue weighted by atomic mass is 16.2. The first-order valence-electron chi connectivity index (χ1n) is 5.58. The van der Waals surface area contributed by atoms with E-state index in [1.54, 1.807) is 7.05 Å². The van der Waals surface area contributed by atoms with Gasteiger partial charge in [0, 0.05) is 13.5 Å². The van der Waals surface area contributed by atoms with Crippen molar-refractivity contribution in [3.63, 3.8) is 0 Å². The predicted octanol–water partition coefficient (Wildman–Crippen LogP) is 1.96. The van der Waals surface area contributed by atoms with Crippen molar-refractivity contribution in [3.05, 3.63) is 34.9 Å². The third-order valence-electron chi connectivity index (χ3n) is 2.82. The van der Waals surface area contributed by atoms with Crippen LogP contribution in [-0.4, -0.2) is 18.0 Å². The van der Waals surface area contributed by atoms with Crippen LogP contribution >= 0.6 is 0 Å². The fraction of sp³-hybridized carbons (Fsp3) is 0.462. The number of amides is 1. The van der Waals surface area contributed by atoms with E-state index in [9.17, 15) is 4.79 Å². The van der Waals surface area contributed by atoms with Crippen molar-refractivity contribution in [2.24, 2.45) is 5.84 Å². The van der Waals surface area contributed by atoms with Gasteiger partial charge < -0.3 is 0 Å². The Kier molecular flexibility index (Phi) is 4.50. The lowest BCUT2D eigenvalue weighted by molar-refractivity contribution is -0.130. The zero-order valence-corrected chi connectivity index (χ0v) is 10.3. The SMILES string of the molecule is Cc1ccc(CCCC(=O)N(C)N)cc1C. The Morgan fingerprint density at radius 3 is 2.56 bits per heavy atom. The van der Waals surface area contributed by atoms with E-state index in [2.05, 4.69) is 32.0 Å². The van der Waals surface area contributed by atoms with E-state index >= 15 is 0 Å². The third-order valence-corrected chi connectivity index (χ3v) is 2.82. The molecule has 2 N–H and O–H groups in total. The Balaban J connectivity index is 2.43. The molecule has 1 aromatic rings. The Bertz CT molecular complexity index is 372. The summed E-state index contributed by atoms with van der Waals surface area (Å²) in [6.45, 7) is 4.21. The van der Waals surface area contributed by atoms with Crippen LogP contribution in [0.2, 0.25) is 0 Å². The van der Waals surface area contributed by atoms with Gasteiger partial charge in [-0.1, -0.05) is 18.2 Å². The van der Waals surface area contributed by atoms with Crippen LogP contribution in [0.5, 0.6) is 0 Å². The second-order valence-corrected chi connectivity index (χ2v) is 4.28. The molecule has 0 saturated carbocycles. The molecule has 3 heteroatoms. The highest BCUT2D eigenvalue weighted by Crippen LogP contribution is 2.12. The van der Waals surface area contributed by atoms with E-state index < -0.39 is 0 Å². The maximum atomic E-state index is 11.3. The molecule has 0 heterocycles. The average molecular weight is 220 g/mol. The van der Waals surface area contributed by atoms with Crippen LogP contribution in [0.1, 0.15) is 29.5 Å². The number of hydrogen-bond acceptors (Lipinski definition) is 2. The highest BCUT2D eigenvalue weighted by Gasteiger charge is 2.04. The summed E-state index contributed by atoms with van der Waals surface area (Å²) < 4.78 is 0. The first kappa shape index (κ1) is 12.7. The van der Waals surface area contributed by atoms with Gasteiger partial charge in [0.15, 0.2) is 0 Å². The van der Waals surface area contributed by atoms with E-state index in [0.717, 1.165) is 17.9 Å². The van der Waals surface area contributed by atoms with E-state index in [0.29, 0.717) is 6.42 Å². The molecular formula is C13H20N2O. The zero-order valence-electron chi connectivity index (χ0n) is 10.3. The van der Waals surface area contributed by atoms with Crippen LogP contribution in [0.3, 0.4) is 0 Å². The lowest BCUT2D eigenvalue weighted by Gasteiger charge is -2.09. The predicted molar refractivity (Wildman–Crippen MR) is 65.8 cm³/mol. The van der Waals surface area contributed by atoms with Crippen molar-refractivity contribution in [2.45, 2.75) is 33.1 Å². The normalized spacial score (nSPS) is 10.2. The quantitative estimate of drug-likeness (QED) is 0.479. The van der Waals surface area contributed by atoms with Gasteiger partial charge >= 0.3 is 0 Å². The number of hydrogen-bond donors (Lipinski definition) is 1. The highest BCUT2D eigenvalue weighted by molar-refractivity contribution is 5.75. The van der Waals surface area contributed by atoms with Gasteiger partial charge in [-0.25, -0.2) is 5.84 Å². The maximum absolute atomic E-state index is 11.3. The molecule has 0 atom stereocenters. The number of benzene rings is 1. The van der Waals surface area contributed by atoms with Gasteiger partial charge in [0.1, 0.15) is 0 Å². The molecule has 0 spiro atoms. The first-order chi connectivity index (χ1) is 7.50. The van der Waals surface area contributed by atoms with Crippen molar-refractivity contribution in [1.82, 2.24) is 5.01 Å². The molecule has 0 aliphatic heterocycles. The molecule has 0 fully saturated rings. The summed E-state index contributed by atoms with van der Waals surface area (Å²) in [5.41, 5.74) is 3.90. The number of hydrazine groups is 1. The van der Waals surface area contributed by atoms with Gasteiger partial charge in [-0.15, -0.1) is 0 Å². The number of aryl methyl sites for hydroxylation is 3. The standard InChI is InChI=1S/C13H20N2O/c1-10-7-8-12(9-11(10)2)5-4-6-13(16)15(3)14/h7-9H,4-6,14H2,1-3H3. The molecule has 88 valence electrons. The van der Waals surface area contributed by atoms with Crippen molar-refractivity contribution in [2.75, 3.05) is 7.05 Å². The van der Waals surface area contributed by atoms with Gasteiger partial charge in [-0.2, -0.15) is 0 Å². The summed E-state index contributed by atoms with van der Waals surface area (Å²) in [4.78, 5) is 11.3. The second-order valence-electron chi connectivity index (χ2n) is 4.28. The Labute approximate surface area is 97.2 Å². The summed E-state index contributed by atoms with van der Waals surface area (Å²) in [5.74, 6) is 5.33. The van der Waals surface area contributed by atoms with Gasteiger partial charge in [0.2, 0.25) is 5.91 Å². The molecule has 1 aromatic carbocycles. The minimum atomic E-state index is -0.0103. The molecule has 0 aliphatic carbocycles. The molecule has 1 rings (SSSR count). The molecule has 0 saturated heterocycles. The number of carbonyl (C=O) groups excluding carboxylic acids is 1. The first-order valence-corrected chi connectivity index (χ1v) is 5.58. The molecule has 0 radical (unpaired) electrons. The minimum absolute atomic E-state index is 0.0103. The minimum Gasteiger partial charge on any atom is -0.284 e. The summed E-state index contributed by atoms with van der Waals surface area (Å²) in [6, 6.07) is 6.44. The third kappa shape index (κ3) is 3.66. The van der Waals surface area contributed by atoms with Crippen LogP contribution in [0.4, 0.5) is 0 Å². The van der Waals surface area contributed by atoms with E-state index in [1.807, 2.05) is 0 Å². The fourth-order valence-corrected chi connectivity index (χ4v) is 1.58. The summed E-state index contributed by atoms with van der Waals surface area (Å²) in [6.07, 6.45) is 2.30. The number of nitrogens with two attached hydrogens (primary N) is 1. The lowest BCUT2D eigenvalue weighted by atomic mass is 10.0. The summed E-state index contributed by atoms with van der Waals surface area (Å²) in [7, 11) is 1.58. The van der Waals surface area contributed by atoms with E-state index in [4.69, 9.17) is 5.84 Å². The largest absolute Gasteiger partial charge is 0.284 e. The van der Waals surface area contributed by atoms with Crippen molar-refractivity contribution in [3.8, 4) is 0 Å². The molecular weight excluding hydrogens is 200 g/mol. The van der Waals surface area contributed by atoms with E-state index in [-0.39, 0.29) is 5.91 Å². The van der Waals surface area contributed by atoms with Crippen molar-refractivity contribution < 1.29 is 4.79 Å². The number of nitrogens with zero attached hydrogens (tertiary/aromatic N) is 1. The van der Waals surface area contributed by atoms with Crippen LogP contribution in [-0.2, 0) is 11.2 Å². The van der Waals surface area contributed by atoms with Gasteiger partial charge in [0.05, 0.1) is 0 Å². The molecule has 1 amide bonds. The fourth-order valence-electron chi connectivity index (χ4n) is 1.58. The molecule has 0 aliphatic rings. The number of carbonyl (C=O) groups is 1. The average Bonchev–Trinajstić information content (AvgIpc) is 2.23. The number of rotatable bonds is 4. The Morgan fingerprint density at radius 2 is 2.00 bits per heavy atom. The Morgan fingerprint density at radius 1 is 1.31 bits per heavy atom. The smallest absolute Gasteiger partial charge is 0.236 e. The second kappa shape index (κ2) is 5.66. The van der Waals surface area contributed by atoms with Crippen LogP contribution < -0.4 is 5.84 Å². The lowest BCUT2D eigenvalue weighted by Crippen LogP contribution is -2.32. The zero-order chi connectivity index (χ0) is 12.1. The van der Waals surface area contributed by atoms with Gasteiger partial charge in [-0.05, 0) is 43.4 Å². The molecule has 0 unspecified atom stereocenters. The Hall–Kier alpha value is -1.35. The topological polar surface area (TPSA) is 46.3 Å². The molecule has 0 bridgehead atoms. The molecule has 16 heavy (non-hydrogen) atoms. The maximum Gasteiger partial charge on any atom is 0.236 e. The summed E-state index contributed by atoms with van der Waals surface area (Å²) in [5, 5.41) is 1.15. The van der Waals surface area contributed by atoms with Crippen LogP contribution in [0.25, 0.3) is 0 Å². The van der Waals surface area contributed by atoms with Gasteiger partial charge in [-0.3, -0.25) is 9.80 Å². The van der Waals surface area contributed by atoms with Crippen LogP contribution in [0, 0.1) is 13.8 Å². The molecule has 0 aromatic heterocycles.